The molecule has 0 radical (unpaired) electrons. The van der Waals surface area contributed by atoms with Crippen molar-refractivity contribution in [2.75, 3.05) is 11.4 Å². The van der Waals surface area contributed by atoms with Gasteiger partial charge in [0.25, 0.3) is 10.0 Å². The number of carbonyl (C=O) groups is 1. The first-order chi connectivity index (χ1) is 16.0. The van der Waals surface area contributed by atoms with Gasteiger partial charge in [0, 0.05) is 4.47 Å². The second-order valence-corrected chi connectivity index (χ2v) is 11.7. The first-order valence-corrected chi connectivity index (χ1v) is 13.1. The number of benzene rings is 2. The molecule has 1 heterocycles. The number of anilines is 1. The van der Waals surface area contributed by atoms with Crippen LogP contribution >= 0.6 is 27.3 Å². The van der Waals surface area contributed by atoms with Crippen molar-refractivity contribution >= 4 is 48.3 Å². The van der Waals surface area contributed by atoms with Gasteiger partial charge in [-0.15, -0.1) is 11.3 Å². The highest BCUT2D eigenvalue weighted by molar-refractivity contribution is 9.10. The fourth-order valence-electron chi connectivity index (χ4n) is 2.92. The molecule has 0 amide bonds. The van der Waals surface area contributed by atoms with E-state index in [1.165, 1.54) is 30.8 Å². The summed E-state index contributed by atoms with van der Waals surface area (Å²) in [6.07, 6.45) is 0. The van der Waals surface area contributed by atoms with E-state index in [9.17, 15) is 18.5 Å². The van der Waals surface area contributed by atoms with Crippen LogP contribution in [-0.2, 0) is 21.3 Å². The zero-order chi connectivity index (χ0) is 25.1. The van der Waals surface area contributed by atoms with Crippen LogP contribution < -0.4 is 9.04 Å². The number of ether oxygens (including phenoxy) is 2. The summed E-state index contributed by atoms with van der Waals surface area (Å²) in [6, 6.07) is 13.1. The Balaban J connectivity index is 2.13. The molecule has 178 valence electrons. The van der Waals surface area contributed by atoms with E-state index in [1.54, 1.807) is 45.0 Å². The Morgan fingerprint density at radius 2 is 1.88 bits per heavy atom. The molecule has 0 spiro atoms. The molecular weight excluding hydrogens is 542 g/mol. The van der Waals surface area contributed by atoms with Gasteiger partial charge in [0.1, 0.15) is 22.4 Å². The van der Waals surface area contributed by atoms with Crippen LogP contribution in [0.3, 0.4) is 0 Å². The Morgan fingerprint density at radius 3 is 2.47 bits per heavy atom. The Labute approximate surface area is 210 Å². The van der Waals surface area contributed by atoms with Crippen LogP contribution in [0.4, 0.5) is 5.00 Å². The number of esters is 1. The minimum Gasteiger partial charge on any atom is -0.497 e. The molecule has 1 aromatic heterocycles. The van der Waals surface area contributed by atoms with Gasteiger partial charge >= 0.3 is 5.97 Å². The summed E-state index contributed by atoms with van der Waals surface area (Å²) in [5.41, 5.74) is 1.33. The zero-order valence-electron chi connectivity index (χ0n) is 18.9. The lowest BCUT2D eigenvalue weighted by atomic mass is 10.2. The van der Waals surface area contributed by atoms with E-state index in [0.29, 0.717) is 15.8 Å². The van der Waals surface area contributed by atoms with Gasteiger partial charge in [-0.25, -0.2) is 18.2 Å². The van der Waals surface area contributed by atoms with E-state index in [1.807, 2.05) is 6.07 Å². The van der Waals surface area contributed by atoms with Crippen molar-refractivity contribution in [3.8, 4) is 11.8 Å². The number of aromatic nitrogens is 1. The molecular formula is C23H22BrN3O5S2. The molecule has 34 heavy (non-hydrogen) atoms. The molecule has 0 saturated heterocycles. The third-order valence-corrected chi connectivity index (χ3v) is 7.90. The molecule has 11 heteroatoms. The molecule has 0 atom stereocenters. The summed E-state index contributed by atoms with van der Waals surface area (Å²) < 4.78 is 39.8. The fraction of sp³-hybridized carbons (Fsp3) is 0.261. The molecule has 0 aliphatic carbocycles. The summed E-state index contributed by atoms with van der Waals surface area (Å²) in [7, 11) is -2.66. The third-order valence-electron chi connectivity index (χ3n) is 4.50. The zero-order valence-corrected chi connectivity index (χ0v) is 22.1. The Hall–Kier alpha value is -2.94. The van der Waals surface area contributed by atoms with Gasteiger partial charge in [0.05, 0.1) is 29.6 Å². The third kappa shape index (κ3) is 5.75. The number of thiazole rings is 1. The highest BCUT2D eigenvalue weighted by Gasteiger charge is 2.33. The highest BCUT2D eigenvalue weighted by atomic mass is 79.9. The summed E-state index contributed by atoms with van der Waals surface area (Å²) in [6.45, 7) is 5.07. The van der Waals surface area contributed by atoms with Crippen molar-refractivity contribution < 1.29 is 22.7 Å². The summed E-state index contributed by atoms with van der Waals surface area (Å²) in [5.74, 6) is -0.107. The number of methoxy groups -OCH3 is 1. The normalized spacial score (nSPS) is 11.5. The lowest BCUT2D eigenvalue weighted by Crippen LogP contribution is -2.32. The standard InChI is InChI=1S/C23H22BrN3O5S2/c1-23(2,3)32-22(28)20-21(33-14-26-20)27(13-15-5-7-17(31-4)8-6-15)34(29,30)18-9-10-19(24)16(11-18)12-25/h5-11,14H,13H2,1-4H3. The number of hydrogen-bond donors (Lipinski definition) is 0. The van der Waals surface area contributed by atoms with Crippen molar-refractivity contribution in [2.24, 2.45) is 0 Å². The lowest BCUT2D eigenvalue weighted by Gasteiger charge is -2.25. The lowest BCUT2D eigenvalue weighted by molar-refractivity contribution is 0.00646. The Kier molecular flexibility index (Phi) is 7.65. The van der Waals surface area contributed by atoms with Crippen LogP contribution in [0.25, 0.3) is 0 Å². The molecule has 8 nitrogen and oxygen atoms in total. The number of sulfonamides is 1. The smallest absolute Gasteiger partial charge is 0.360 e. The van der Waals surface area contributed by atoms with Crippen molar-refractivity contribution in [3.63, 3.8) is 0 Å². The molecule has 0 aliphatic heterocycles. The monoisotopic (exact) mass is 563 g/mol. The number of halogens is 1. The molecule has 0 saturated carbocycles. The second kappa shape index (κ2) is 10.1. The van der Waals surface area contributed by atoms with Crippen molar-refractivity contribution in [1.29, 1.82) is 5.26 Å². The van der Waals surface area contributed by atoms with Crippen LogP contribution in [0.2, 0.25) is 0 Å². The van der Waals surface area contributed by atoms with E-state index in [2.05, 4.69) is 20.9 Å². The van der Waals surface area contributed by atoms with Gasteiger partial charge in [-0.05, 0) is 72.6 Å². The maximum Gasteiger partial charge on any atom is 0.360 e. The number of nitriles is 1. The molecule has 0 fully saturated rings. The topological polar surface area (TPSA) is 110 Å². The van der Waals surface area contributed by atoms with Crippen LogP contribution in [0.5, 0.6) is 5.75 Å². The quantitative estimate of drug-likeness (QED) is 0.366. The average molecular weight is 564 g/mol. The largest absolute Gasteiger partial charge is 0.497 e. The van der Waals surface area contributed by atoms with Gasteiger partial charge in [0.2, 0.25) is 0 Å². The van der Waals surface area contributed by atoms with Gasteiger partial charge in [0.15, 0.2) is 5.69 Å². The van der Waals surface area contributed by atoms with E-state index in [-0.39, 0.29) is 27.7 Å². The fourth-order valence-corrected chi connectivity index (χ4v) is 5.76. The van der Waals surface area contributed by atoms with Crippen molar-refractivity contribution in [2.45, 2.75) is 37.8 Å². The first-order valence-electron chi connectivity index (χ1n) is 9.98. The molecule has 0 bridgehead atoms. The van der Waals surface area contributed by atoms with Crippen molar-refractivity contribution in [3.05, 3.63) is 69.3 Å². The summed E-state index contributed by atoms with van der Waals surface area (Å²) in [5, 5.41) is 9.49. The second-order valence-electron chi connectivity index (χ2n) is 8.12. The van der Waals surface area contributed by atoms with Crippen molar-refractivity contribution in [1.82, 2.24) is 4.98 Å². The molecule has 0 N–H and O–H groups in total. The first kappa shape index (κ1) is 25.7. The van der Waals surface area contributed by atoms with Crippen LogP contribution in [0.15, 0.2) is 57.3 Å². The average Bonchev–Trinajstić information content (AvgIpc) is 3.26. The number of rotatable bonds is 7. The van der Waals surface area contributed by atoms with Gasteiger partial charge < -0.3 is 9.47 Å². The molecule has 2 aromatic carbocycles. The van der Waals surface area contributed by atoms with E-state index >= 15 is 0 Å². The van der Waals surface area contributed by atoms with Gasteiger partial charge in [-0.1, -0.05) is 12.1 Å². The maximum atomic E-state index is 13.8. The number of nitrogens with zero attached hydrogens (tertiary/aromatic N) is 3. The number of hydrogen-bond acceptors (Lipinski definition) is 8. The predicted molar refractivity (Wildman–Crippen MR) is 133 cm³/mol. The van der Waals surface area contributed by atoms with Gasteiger partial charge in [-0.2, -0.15) is 5.26 Å². The minimum absolute atomic E-state index is 0.0811. The Morgan fingerprint density at radius 1 is 1.21 bits per heavy atom. The van der Waals surface area contributed by atoms with Crippen LogP contribution in [-0.4, -0.2) is 32.1 Å². The molecule has 0 unspecified atom stereocenters. The summed E-state index contributed by atoms with van der Waals surface area (Å²) in [4.78, 5) is 16.8. The molecule has 3 aromatic rings. The molecule has 3 rings (SSSR count). The van der Waals surface area contributed by atoms with E-state index in [0.717, 1.165) is 15.6 Å². The summed E-state index contributed by atoms with van der Waals surface area (Å²) >= 11 is 4.26. The van der Waals surface area contributed by atoms with Crippen LogP contribution in [0, 0.1) is 11.3 Å². The minimum atomic E-state index is -4.19. The van der Waals surface area contributed by atoms with Crippen LogP contribution in [0.1, 0.15) is 42.4 Å². The van der Waals surface area contributed by atoms with E-state index in [4.69, 9.17) is 9.47 Å². The maximum absolute atomic E-state index is 13.8. The SMILES string of the molecule is COc1ccc(CN(c2scnc2C(=O)OC(C)(C)C)S(=O)(=O)c2ccc(Br)c(C#N)c2)cc1. The molecule has 0 aliphatic rings. The van der Waals surface area contributed by atoms with E-state index < -0.39 is 21.6 Å². The Bertz CT molecular complexity index is 1340. The number of carbonyl (C=O) groups excluding carboxylic acids is 1. The predicted octanol–water partition coefficient (Wildman–Crippen LogP) is 5.14. The van der Waals surface area contributed by atoms with Gasteiger partial charge in [-0.3, -0.25) is 4.31 Å². The highest BCUT2D eigenvalue weighted by Crippen LogP contribution is 2.34.